The molecule has 0 aromatic heterocycles. The lowest BCUT2D eigenvalue weighted by Gasteiger charge is -1.90. The molecule has 0 amide bonds. The smallest absolute Gasteiger partial charge is 0.159 e. The fourth-order valence-electron chi connectivity index (χ4n) is 0.223. The second kappa shape index (κ2) is 3.18. The quantitative estimate of drug-likeness (QED) is 0.380. The van der Waals surface area contributed by atoms with Gasteiger partial charge in [0.2, 0.25) is 0 Å². The first-order valence-corrected chi connectivity index (χ1v) is 2.24. The first-order valence-electron chi connectivity index (χ1n) is 2.24. The van der Waals surface area contributed by atoms with E-state index < -0.39 is 6.18 Å². The summed E-state index contributed by atoms with van der Waals surface area (Å²) in [4.78, 5) is 0. The fraction of sp³-hybridized carbons (Fsp3) is 0.333. The average Bonchev–Trinajstić information content (AvgIpc) is 1.63. The molecule has 0 aliphatic carbocycles. The topological polar surface area (TPSA) is 0 Å². The lowest BCUT2D eigenvalue weighted by Crippen LogP contribution is -2.01. The van der Waals surface area contributed by atoms with Crippen LogP contribution in [0.15, 0.2) is 12.7 Å². The van der Waals surface area contributed by atoms with Crippen molar-refractivity contribution in [2.24, 2.45) is 0 Å². The Morgan fingerprint density at radius 3 is 2.33 bits per heavy atom. The number of rotatable bonds is 1. The van der Waals surface area contributed by atoms with Crippen molar-refractivity contribution in [2.75, 3.05) is 0 Å². The van der Waals surface area contributed by atoms with Gasteiger partial charge in [-0.25, -0.2) is 0 Å². The van der Waals surface area contributed by atoms with Crippen LogP contribution < -0.4 is 0 Å². The van der Waals surface area contributed by atoms with Crippen molar-refractivity contribution in [3.63, 3.8) is 0 Å². The molecule has 0 heterocycles. The summed E-state index contributed by atoms with van der Waals surface area (Å²) in [5.74, 6) is 2.98. The minimum Gasteiger partial charge on any atom is -0.159 e. The van der Waals surface area contributed by atoms with E-state index in [0.717, 1.165) is 5.92 Å². The Balaban J connectivity index is 3.72. The Bertz CT molecular complexity index is 144. The van der Waals surface area contributed by atoms with Crippen LogP contribution in [0.4, 0.5) is 13.2 Å². The van der Waals surface area contributed by atoms with Crippen molar-refractivity contribution in [1.29, 1.82) is 0 Å². The highest BCUT2D eigenvalue weighted by Crippen LogP contribution is 2.11. The molecular weight excluding hydrogens is 129 g/mol. The maximum Gasteiger partial charge on any atom is 0.457 e. The van der Waals surface area contributed by atoms with E-state index in [1.807, 2.05) is 5.92 Å². The molecule has 0 radical (unpaired) electrons. The van der Waals surface area contributed by atoms with E-state index in [1.165, 1.54) is 6.08 Å². The fourth-order valence-corrected chi connectivity index (χ4v) is 0.223. The number of hydrogen-bond donors (Lipinski definition) is 0. The molecule has 0 nitrogen and oxygen atoms in total. The highest BCUT2D eigenvalue weighted by molar-refractivity contribution is 5.07. The van der Waals surface area contributed by atoms with E-state index in [1.54, 1.807) is 0 Å². The van der Waals surface area contributed by atoms with E-state index in [4.69, 9.17) is 0 Å². The SMILES string of the molecule is C=CCC#CC(F)(F)F. The molecule has 50 valence electrons. The van der Waals surface area contributed by atoms with Gasteiger partial charge < -0.3 is 0 Å². The predicted molar refractivity (Wildman–Crippen MR) is 28.6 cm³/mol. The molecule has 0 aromatic carbocycles. The summed E-state index contributed by atoms with van der Waals surface area (Å²) in [6, 6.07) is 0. The Hall–Kier alpha value is -0.910. The molecule has 0 aliphatic rings. The van der Waals surface area contributed by atoms with Crippen LogP contribution in [0, 0.1) is 11.8 Å². The second-order valence-electron chi connectivity index (χ2n) is 1.29. The van der Waals surface area contributed by atoms with Crippen LogP contribution in [-0.4, -0.2) is 6.18 Å². The third kappa shape index (κ3) is 7.09. The lowest BCUT2D eigenvalue weighted by atomic mass is 10.4. The minimum absolute atomic E-state index is 0.0828. The summed E-state index contributed by atoms with van der Waals surface area (Å²) in [6.45, 7) is 3.21. The number of allylic oxidation sites excluding steroid dienone is 1. The average molecular weight is 134 g/mol. The van der Waals surface area contributed by atoms with E-state index in [-0.39, 0.29) is 6.42 Å². The van der Waals surface area contributed by atoms with Crippen LogP contribution in [0.25, 0.3) is 0 Å². The lowest BCUT2D eigenvalue weighted by molar-refractivity contribution is -0.0697. The van der Waals surface area contributed by atoms with Gasteiger partial charge in [-0.15, -0.1) is 6.58 Å². The number of alkyl halides is 3. The summed E-state index contributed by atoms with van der Waals surface area (Å²) in [6.07, 6.45) is -2.96. The van der Waals surface area contributed by atoms with E-state index in [9.17, 15) is 13.2 Å². The maximum absolute atomic E-state index is 11.2. The van der Waals surface area contributed by atoms with Gasteiger partial charge in [0.05, 0.1) is 0 Å². The standard InChI is InChI=1S/C6H5F3/c1-2-3-4-5-6(7,8)9/h2H,1,3H2. The van der Waals surface area contributed by atoms with Crippen LogP contribution in [0.3, 0.4) is 0 Å². The van der Waals surface area contributed by atoms with Gasteiger partial charge in [0, 0.05) is 12.3 Å². The Morgan fingerprint density at radius 1 is 1.44 bits per heavy atom. The van der Waals surface area contributed by atoms with Gasteiger partial charge in [-0.3, -0.25) is 0 Å². The van der Waals surface area contributed by atoms with Crippen molar-refractivity contribution in [1.82, 2.24) is 0 Å². The summed E-state index contributed by atoms with van der Waals surface area (Å²) in [5, 5.41) is 0. The zero-order valence-electron chi connectivity index (χ0n) is 4.63. The second-order valence-corrected chi connectivity index (χ2v) is 1.29. The molecule has 3 heteroatoms. The van der Waals surface area contributed by atoms with E-state index in [0.29, 0.717) is 0 Å². The molecule has 0 spiro atoms. The van der Waals surface area contributed by atoms with Gasteiger partial charge >= 0.3 is 6.18 Å². The predicted octanol–water partition coefficient (Wildman–Crippen LogP) is 2.13. The first kappa shape index (κ1) is 8.09. The summed E-state index contributed by atoms with van der Waals surface area (Å²) >= 11 is 0. The third-order valence-corrected chi connectivity index (χ3v) is 0.477. The van der Waals surface area contributed by atoms with Crippen LogP contribution in [0.1, 0.15) is 6.42 Å². The van der Waals surface area contributed by atoms with E-state index in [2.05, 4.69) is 6.58 Å². The third-order valence-electron chi connectivity index (χ3n) is 0.477. The highest BCUT2D eigenvalue weighted by Gasteiger charge is 2.22. The van der Waals surface area contributed by atoms with Crippen molar-refractivity contribution in [3.8, 4) is 11.8 Å². The van der Waals surface area contributed by atoms with Gasteiger partial charge in [0.1, 0.15) is 0 Å². The van der Waals surface area contributed by atoms with Gasteiger partial charge in [-0.1, -0.05) is 12.0 Å². The molecule has 0 aliphatic heterocycles. The molecule has 0 fully saturated rings. The number of halogens is 3. The van der Waals surface area contributed by atoms with Crippen LogP contribution in [-0.2, 0) is 0 Å². The highest BCUT2D eigenvalue weighted by atomic mass is 19.4. The zero-order valence-corrected chi connectivity index (χ0v) is 4.63. The molecule has 0 aromatic rings. The Morgan fingerprint density at radius 2 is 2.00 bits per heavy atom. The first-order chi connectivity index (χ1) is 4.06. The molecule has 0 saturated carbocycles. The summed E-state index contributed by atoms with van der Waals surface area (Å²) < 4.78 is 33.5. The molecule has 0 bridgehead atoms. The van der Waals surface area contributed by atoms with Crippen LogP contribution in [0.2, 0.25) is 0 Å². The maximum atomic E-state index is 11.2. The van der Waals surface area contributed by atoms with Crippen molar-refractivity contribution >= 4 is 0 Å². The summed E-state index contributed by atoms with van der Waals surface area (Å²) in [5.41, 5.74) is 0. The molecule has 0 atom stereocenters. The Kier molecular flexibility index (Phi) is 2.86. The largest absolute Gasteiger partial charge is 0.457 e. The molecule has 0 rings (SSSR count). The van der Waals surface area contributed by atoms with Gasteiger partial charge in [0.15, 0.2) is 0 Å². The molecule has 0 N–H and O–H groups in total. The summed E-state index contributed by atoms with van der Waals surface area (Å²) in [7, 11) is 0. The molecule has 9 heavy (non-hydrogen) atoms. The van der Waals surface area contributed by atoms with Crippen molar-refractivity contribution in [3.05, 3.63) is 12.7 Å². The van der Waals surface area contributed by atoms with Gasteiger partial charge in [0.25, 0.3) is 0 Å². The van der Waals surface area contributed by atoms with Crippen molar-refractivity contribution in [2.45, 2.75) is 12.6 Å². The molecule has 0 unspecified atom stereocenters. The van der Waals surface area contributed by atoms with E-state index >= 15 is 0 Å². The monoisotopic (exact) mass is 134 g/mol. The van der Waals surface area contributed by atoms with Crippen LogP contribution in [0.5, 0.6) is 0 Å². The molecule has 0 saturated heterocycles. The minimum atomic E-state index is -4.36. The van der Waals surface area contributed by atoms with Gasteiger partial charge in [-0.05, 0) is 0 Å². The number of hydrogen-bond acceptors (Lipinski definition) is 0. The van der Waals surface area contributed by atoms with Crippen LogP contribution >= 0.6 is 0 Å². The van der Waals surface area contributed by atoms with Gasteiger partial charge in [-0.2, -0.15) is 13.2 Å². The van der Waals surface area contributed by atoms with Crippen molar-refractivity contribution < 1.29 is 13.2 Å². The normalized spacial score (nSPS) is 9.67. The molecular formula is C6H5F3. The Labute approximate surface area is 51.4 Å². The zero-order chi connectivity index (χ0) is 7.33.